The first-order valence-electron chi connectivity index (χ1n) is 12.1. The average Bonchev–Trinajstić information content (AvgIpc) is 2.85. The maximum absolute atomic E-state index is 12.7. The van der Waals surface area contributed by atoms with Gasteiger partial charge in [0.2, 0.25) is 0 Å². The number of hydrogen-bond acceptors (Lipinski definition) is 5. The Kier molecular flexibility index (Phi) is 9.48. The monoisotopic (exact) mass is 505 g/mol. The fourth-order valence-corrected chi connectivity index (χ4v) is 4.27. The van der Waals surface area contributed by atoms with Crippen LogP contribution in [0.3, 0.4) is 0 Å². The van der Waals surface area contributed by atoms with Gasteiger partial charge < -0.3 is 19.9 Å². The topological polar surface area (TPSA) is 67.8 Å². The molecule has 0 amide bonds. The Morgan fingerprint density at radius 2 is 1.58 bits per heavy atom. The number of ether oxygens (including phenoxy) is 2. The van der Waals surface area contributed by atoms with Crippen molar-refractivity contribution in [3.05, 3.63) is 93.5 Å². The van der Waals surface area contributed by atoms with Crippen LogP contribution in [0.4, 0.5) is 0 Å². The molecule has 1 atom stereocenters. The Balaban J connectivity index is 1.67. The van der Waals surface area contributed by atoms with Gasteiger partial charge >= 0.3 is 5.97 Å². The summed E-state index contributed by atoms with van der Waals surface area (Å²) in [5.74, 6) is 0.226. The van der Waals surface area contributed by atoms with Gasteiger partial charge in [-0.05, 0) is 91.8 Å². The third-order valence-electron chi connectivity index (χ3n) is 6.50. The highest BCUT2D eigenvalue weighted by Gasteiger charge is 2.17. The van der Waals surface area contributed by atoms with Gasteiger partial charge in [-0.1, -0.05) is 42.5 Å². The molecular weight excluding hydrogens is 470 g/mol. The number of hydrogen-bond donors (Lipinski definition) is 2. The fraction of sp³-hybridized carbons (Fsp3) is 0.333. The standard InChI is InChI=1S/C30H35NO4S/c1-19-6-8-23(12-21(19)3)14-25(18-35-30(33)26-10-7-20(2)22(4)13-26)16-29(36)31-17-24-9-11-27(32)28(15-24)34-5/h6-13,15,25,32H,14,16-18H2,1-5H3,(H,31,36). The lowest BCUT2D eigenvalue weighted by Gasteiger charge is -2.19. The summed E-state index contributed by atoms with van der Waals surface area (Å²) in [5, 5.41) is 13.1. The molecule has 5 nitrogen and oxygen atoms in total. The quantitative estimate of drug-likeness (QED) is 0.254. The largest absolute Gasteiger partial charge is 0.504 e. The second kappa shape index (κ2) is 12.5. The molecule has 0 aliphatic carbocycles. The first kappa shape index (κ1) is 27.2. The van der Waals surface area contributed by atoms with Crippen molar-refractivity contribution in [2.75, 3.05) is 13.7 Å². The number of thiocarbonyl (C=S) groups is 1. The highest BCUT2D eigenvalue weighted by molar-refractivity contribution is 7.80. The summed E-state index contributed by atoms with van der Waals surface area (Å²) in [7, 11) is 1.52. The number of phenolic OH excluding ortho intramolecular Hbond substituents is 1. The Morgan fingerprint density at radius 3 is 2.25 bits per heavy atom. The Bertz CT molecular complexity index is 1240. The van der Waals surface area contributed by atoms with E-state index in [1.807, 2.05) is 32.0 Å². The number of aromatic hydroxyl groups is 1. The van der Waals surface area contributed by atoms with Crippen LogP contribution >= 0.6 is 12.2 Å². The number of esters is 1. The number of benzene rings is 3. The minimum atomic E-state index is -0.321. The van der Waals surface area contributed by atoms with E-state index in [-0.39, 0.29) is 24.2 Å². The van der Waals surface area contributed by atoms with Gasteiger partial charge in [0.15, 0.2) is 11.5 Å². The van der Waals surface area contributed by atoms with Gasteiger partial charge in [0.1, 0.15) is 0 Å². The summed E-state index contributed by atoms with van der Waals surface area (Å²) in [5.41, 5.74) is 7.38. The second-order valence-electron chi connectivity index (χ2n) is 9.37. The van der Waals surface area contributed by atoms with Crippen molar-refractivity contribution in [2.24, 2.45) is 5.92 Å². The number of carbonyl (C=O) groups excluding carboxylic acids is 1. The van der Waals surface area contributed by atoms with E-state index in [0.29, 0.717) is 29.3 Å². The number of phenols is 1. The lowest BCUT2D eigenvalue weighted by atomic mass is 9.94. The highest BCUT2D eigenvalue weighted by Crippen LogP contribution is 2.26. The number of carbonyl (C=O) groups is 1. The molecule has 0 aromatic heterocycles. The molecule has 0 fully saturated rings. The summed E-state index contributed by atoms with van der Waals surface area (Å²) in [4.78, 5) is 13.4. The minimum Gasteiger partial charge on any atom is -0.504 e. The van der Waals surface area contributed by atoms with Gasteiger partial charge in [-0.2, -0.15) is 0 Å². The molecule has 0 radical (unpaired) electrons. The normalized spacial score (nSPS) is 11.6. The first-order chi connectivity index (χ1) is 17.2. The molecular formula is C30H35NO4S. The average molecular weight is 506 g/mol. The van der Waals surface area contributed by atoms with Crippen molar-refractivity contribution in [1.82, 2.24) is 5.32 Å². The molecule has 1 unspecified atom stereocenters. The number of aryl methyl sites for hydroxylation is 4. The molecule has 6 heteroatoms. The van der Waals surface area contributed by atoms with Crippen molar-refractivity contribution >= 4 is 23.2 Å². The summed E-state index contributed by atoms with van der Waals surface area (Å²) in [6.07, 6.45) is 1.33. The van der Waals surface area contributed by atoms with E-state index in [1.54, 1.807) is 18.2 Å². The van der Waals surface area contributed by atoms with E-state index in [2.05, 4.69) is 37.4 Å². The number of rotatable bonds is 10. The third-order valence-corrected chi connectivity index (χ3v) is 6.81. The lowest BCUT2D eigenvalue weighted by Crippen LogP contribution is -2.27. The summed E-state index contributed by atoms with van der Waals surface area (Å²) < 4.78 is 10.9. The molecule has 0 saturated carbocycles. The molecule has 0 aliphatic heterocycles. The maximum atomic E-state index is 12.7. The van der Waals surface area contributed by atoms with Gasteiger partial charge in [-0.25, -0.2) is 4.79 Å². The second-order valence-corrected chi connectivity index (χ2v) is 9.87. The molecule has 0 bridgehead atoms. The van der Waals surface area contributed by atoms with E-state index in [1.165, 1.54) is 23.8 Å². The zero-order chi connectivity index (χ0) is 26.2. The number of methoxy groups -OCH3 is 1. The smallest absolute Gasteiger partial charge is 0.338 e. The van der Waals surface area contributed by atoms with Crippen LogP contribution < -0.4 is 10.1 Å². The van der Waals surface area contributed by atoms with Crippen LogP contribution in [-0.2, 0) is 17.7 Å². The van der Waals surface area contributed by atoms with Gasteiger partial charge in [0, 0.05) is 18.9 Å². The van der Waals surface area contributed by atoms with Crippen LogP contribution in [0.1, 0.15) is 50.2 Å². The third kappa shape index (κ3) is 7.56. The molecule has 36 heavy (non-hydrogen) atoms. The summed E-state index contributed by atoms with van der Waals surface area (Å²) >= 11 is 5.65. The van der Waals surface area contributed by atoms with Crippen molar-refractivity contribution in [3.63, 3.8) is 0 Å². The molecule has 0 spiro atoms. The molecule has 2 N–H and O–H groups in total. The van der Waals surface area contributed by atoms with Crippen molar-refractivity contribution < 1.29 is 19.4 Å². The summed E-state index contributed by atoms with van der Waals surface area (Å²) in [6, 6.07) is 17.3. The van der Waals surface area contributed by atoms with Crippen LogP contribution in [0, 0.1) is 33.6 Å². The Morgan fingerprint density at radius 1 is 0.917 bits per heavy atom. The van der Waals surface area contributed by atoms with Crippen molar-refractivity contribution in [2.45, 2.75) is 47.1 Å². The highest BCUT2D eigenvalue weighted by atomic mass is 32.1. The van der Waals surface area contributed by atoms with Gasteiger partial charge in [-0.15, -0.1) is 0 Å². The summed E-state index contributed by atoms with van der Waals surface area (Å²) in [6.45, 7) is 8.99. The zero-order valence-corrected chi connectivity index (χ0v) is 22.5. The molecule has 0 saturated heterocycles. The van der Waals surface area contributed by atoms with Gasteiger partial charge in [0.25, 0.3) is 0 Å². The molecule has 0 heterocycles. The Labute approximate surface area is 219 Å². The van der Waals surface area contributed by atoms with Crippen LogP contribution in [0.2, 0.25) is 0 Å². The van der Waals surface area contributed by atoms with E-state index in [4.69, 9.17) is 21.7 Å². The molecule has 0 aliphatic rings. The molecule has 3 aromatic carbocycles. The Hall–Kier alpha value is -3.38. The predicted molar refractivity (Wildman–Crippen MR) is 148 cm³/mol. The number of nitrogens with one attached hydrogen (secondary N) is 1. The SMILES string of the molecule is COc1cc(CNC(=S)CC(COC(=O)c2ccc(C)c(C)c2)Cc2ccc(C)c(C)c2)ccc1O. The van der Waals surface area contributed by atoms with Gasteiger partial charge in [0.05, 0.1) is 24.3 Å². The first-order valence-corrected chi connectivity index (χ1v) is 12.5. The maximum Gasteiger partial charge on any atom is 0.338 e. The van der Waals surface area contributed by atoms with E-state index < -0.39 is 0 Å². The molecule has 3 aromatic rings. The van der Waals surface area contributed by atoms with E-state index in [9.17, 15) is 9.90 Å². The van der Waals surface area contributed by atoms with E-state index >= 15 is 0 Å². The van der Waals surface area contributed by atoms with Gasteiger partial charge in [-0.3, -0.25) is 0 Å². The van der Waals surface area contributed by atoms with Crippen molar-refractivity contribution in [1.29, 1.82) is 0 Å². The predicted octanol–water partition coefficient (Wildman–Crippen LogP) is 6.16. The van der Waals surface area contributed by atoms with Crippen LogP contribution in [0.25, 0.3) is 0 Å². The van der Waals surface area contributed by atoms with Crippen LogP contribution in [0.5, 0.6) is 11.5 Å². The van der Waals surface area contributed by atoms with Crippen LogP contribution in [-0.4, -0.2) is 29.8 Å². The lowest BCUT2D eigenvalue weighted by molar-refractivity contribution is 0.0442. The zero-order valence-electron chi connectivity index (χ0n) is 21.7. The minimum absolute atomic E-state index is 0.0250. The van der Waals surface area contributed by atoms with Crippen molar-refractivity contribution in [3.8, 4) is 11.5 Å². The van der Waals surface area contributed by atoms with E-state index in [0.717, 1.165) is 23.1 Å². The molecule has 3 rings (SSSR count). The fourth-order valence-electron chi connectivity index (χ4n) is 3.97. The van der Waals surface area contributed by atoms with Crippen LogP contribution in [0.15, 0.2) is 54.6 Å². The molecule has 190 valence electrons.